The Kier molecular flexibility index (Phi) is 2.71. The van der Waals surface area contributed by atoms with E-state index in [1.165, 1.54) is 18.2 Å². The van der Waals surface area contributed by atoms with Crippen LogP contribution in [0.1, 0.15) is 36.0 Å². The first-order chi connectivity index (χ1) is 7.18. The highest BCUT2D eigenvalue weighted by molar-refractivity contribution is 6.02. The summed E-state index contributed by atoms with van der Waals surface area (Å²) in [6, 6.07) is 3.99. The maximum absolute atomic E-state index is 12.8. The van der Waals surface area contributed by atoms with Crippen molar-refractivity contribution in [3.05, 3.63) is 29.6 Å². The predicted molar refractivity (Wildman–Crippen MR) is 57.1 cm³/mol. The van der Waals surface area contributed by atoms with Crippen LogP contribution in [-0.4, -0.2) is 5.78 Å². The quantitative estimate of drug-likeness (QED) is 0.598. The number of hydrogen-bond acceptors (Lipinski definition) is 2. The zero-order valence-corrected chi connectivity index (χ0v) is 8.50. The number of carbonyl (C=O) groups is 1. The number of Topliss-reactive ketones (excluding diaryl/α,β-unsaturated/α-hetero) is 1. The molecule has 15 heavy (non-hydrogen) atoms. The maximum Gasteiger partial charge on any atom is 0.168 e. The number of benzene rings is 1. The van der Waals surface area contributed by atoms with E-state index in [1.807, 2.05) is 0 Å². The minimum absolute atomic E-state index is 0.0741. The SMILES string of the molecule is Nc1cc(F)ccc1C(=O)C1CCCC1. The Hall–Kier alpha value is -1.38. The Bertz CT molecular complexity index is 383. The van der Waals surface area contributed by atoms with E-state index in [0.29, 0.717) is 5.56 Å². The van der Waals surface area contributed by atoms with E-state index in [4.69, 9.17) is 5.73 Å². The van der Waals surface area contributed by atoms with Crippen molar-refractivity contribution < 1.29 is 9.18 Å². The molecule has 1 aliphatic carbocycles. The van der Waals surface area contributed by atoms with E-state index in [9.17, 15) is 9.18 Å². The highest BCUT2D eigenvalue weighted by Crippen LogP contribution is 2.29. The largest absolute Gasteiger partial charge is 0.398 e. The second-order valence-electron chi connectivity index (χ2n) is 4.08. The van der Waals surface area contributed by atoms with Crippen molar-refractivity contribution in [2.75, 3.05) is 5.73 Å². The zero-order chi connectivity index (χ0) is 10.8. The number of carbonyl (C=O) groups excluding carboxylic acids is 1. The van der Waals surface area contributed by atoms with E-state index in [2.05, 4.69) is 0 Å². The van der Waals surface area contributed by atoms with Gasteiger partial charge in [-0.2, -0.15) is 0 Å². The van der Waals surface area contributed by atoms with Gasteiger partial charge in [-0.15, -0.1) is 0 Å². The molecule has 1 saturated carbocycles. The van der Waals surface area contributed by atoms with Crippen LogP contribution in [0.2, 0.25) is 0 Å². The average Bonchev–Trinajstić information content (AvgIpc) is 2.69. The lowest BCUT2D eigenvalue weighted by Gasteiger charge is -2.09. The number of anilines is 1. The van der Waals surface area contributed by atoms with Crippen molar-refractivity contribution in [3.63, 3.8) is 0 Å². The molecule has 0 radical (unpaired) electrons. The normalized spacial score (nSPS) is 16.9. The average molecular weight is 207 g/mol. The Morgan fingerprint density at radius 3 is 2.60 bits per heavy atom. The highest BCUT2D eigenvalue weighted by Gasteiger charge is 2.25. The first kappa shape index (κ1) is 10.1. The van der Waals surface area contributed by atoms with Crippen molar-refractivity contribution in [1.82, 2.24) is 0 Å². The summed E-state index contributed by atoms with van der Waals surface area (Å²) in [7, 11) is 0. The minimum Gasteiger partial charge on any atom is -0.398 e. The standard InChI is InChI=1S/C12H14FNO/c13-9-5-6-10(11(14)7-9)12(15)8-3-1-2-4-8/h5-8H,1-4,14H2. The summed E-state index contributed by atoms with van der Waals surface area (Å²) in [5.74, 6) is -0.224. The molecule has 0 bridgehead atoms. The van der Waals surface area contributed by atoms with Gasteiger partial charge in [-0.1, -0.05) is 12.8 Å². The second kappa shape index (κ2) is 4.01. The van der Waals surface area contributed by atoms with Gasteiger partial charge in [-0.3, -0.25) is 4.79 Å². The number of nitrogen functional groups attached to an aromatic ring is 1. The molecule has 0 atom stereocenters. The highest BCUT2D eigenvalue weighted by atomic mass is 19.1. The molecule has 0 spiro atoms. The first-order valence-electron chi connectivity index (χ1n) is 5.27. The number of hydrogen-bond donors (Lipinski definition) is 1. The van der Waals surface area contributed by atoms with Crippen molar-refractivity contribution in [1.29, 1.82) is 0 Å². The molecule has 2 rings (SSSR count). The predicted octanol–water partition coefficient (Wildman–Crippen LogP) is 2.78. The molecule has 1 aliphatic rings. The van der Waals surface area contributed by atoms with E-state index < -0.39 is 5.82 Å². The summed E-state index contributed by atoms with van der Waals surface area (Å²) >= 11 is 0. The van der Waals surface area contributed by atoms with E-state index in [-0.39, 0.29) is 17.4 Å². The Labute approximate surface area is 88.3 Å². The van der Waals surface area contributed by atoms with Crippen LogP contribution in [0, 0.1) is 11.7 Å². The lowest BCUT2D eigenvalue weighted by molar-refractivity contribution is 0.0924. The van der Waals surface area contributed by atoms with Gasteiger partial charge in [-0.25, -0.2) is 4.39 Å². The molecule has 1 fully saturated rings. The lowest BCUT2D eigenvalue weighted by atomic mass is 9.95. The summed E-state index contributed by atoms with van der Waals surface area (Å²) in [5.41, 5.74) is 6.36. The van der Waals surface area contributed by atoms with Crippen LogP contribution in [0.15, 0.2) is 18.2 Å². The summed E-state index contributed by atoms with van der Waals surface area (Å²) in [6.45, 7) is 0. The van der Waals surface area contributed by atoms with Gasteiger partial charge in [0.05, 0.1) is 0 Å². The molecule has 1 aromatic rings. The number of ketones is 1. The summed E-state index contributed by atoms with van der Waals surface area (Å²) < 4.78 is 12.8. The summed E-state index contributed by atoms with van der Waals surface area (Å²) in [5, 5.41) is 0. The monoisotopic (exact) mass is 207 g/mol. The Morgan fingerprint density at radius 1 is 1.33 bits per heavy atom. The molecule has 1 aromatic carbocycles. The third kappa shape index (κ3) is 2.01. The molecule has 0 heterocycles. The molecular formula is C12H14FNO. The molecular weight excluding hydrogens is 193 g/mol. The van der Waals surface area contributed by atoms with Gasteiger partial charge in [-0.05, 0) is 31.0 Å². The van der Waals surface area contributed by atoms with Crippen molar-refractivity contribution >= 4 is 11.5 Å². The number of halogens is 1. The summed E-state index contributed by atoms with van der Waals surface area (Å²) in [4.78, 5) is 12.0. The van der Waals surface area contributed by atoms with Crippen molar-refractivity contribution in [2.45, 2.75) is 25.7 Å². The van der Waals surface area contributed by atoms with E-state index in [0.717, 1.165) is 25.7 Å². The van der Waals surface area contributed by atoms with Crippen molar-refractivity contribution in [3.8, 4) is 0 Å². The van der Waals surface area contributed by atoms with Crippen LogP contribution in [0.5, 0.6) is 0 Å². The molecule has 80 valence electrons. The number of nitrogens with two attached hydrogens (primary N) is 1. The summed E-state index contributed by atoms with van der Waals surface area (Å²) in [6.07, 6.45) is 4.10. The van der Waals surface area contributed by atoms with Gasteiger partial charge in [0.2, 0.25) is 0 Å². The molecule has 0 amide bonds. The molecule has 0 unspecified atom stereocenters. The van der Waals surface area contributed by atoms with Crippen LogP contribution in [0.3, 0.4) is 0 Å². The van der Waals surface area contributed by atoms with Crippen LogP contribution in [0.25, 0.3) is 0 Å². The van der Waals surface area contributed by atoms with Gasteiger partial charge in [0.15, 0.2) is 5.78 Å². The molecule has 3 heteroatoms. The fourth-order valence-electron chi connectivity index (χ4n) is 2.17. The van der Waals surface area contributed by atoms with Crippen molar-refractivity contribution in [2.24, 2.45) is 5.92 Å². The van der Waals surface area contributed by atoms with Gasteiger partial charge in [0, 0.05) is 17.2 Å². The van der Waals surface area contributed by atoms with Crippen LogP contribution in [-0.2, 0) is 0 Å². The van der Waals surface area contributed by atoms with E-state index in [1.54, 1.807) is 0 Å². The smallest absolute Gasteiger partial charge is 0.168 e. The van der Waals surface area contributed by atoms with Gasteiger partial charge in [0.25, 0.3) is 0 Å². The topological polar surface area (TPSA) is 43.1 Å². The zero-order valence-electron chi connectivity index (χ0n) is 8.50. The second-order valence-corrected chi connectivity index (χ2v) is 4.08. The molecule has 0 aliphatic heterocycles. The first-order valence-corrected chi connectivity index (χ1v) is 5.27. The Balaban J connectivity index is 2.24. The molecule has 2 nitrogen and oxygen atoms in total. The van der Waals surface area contributed by atoms with E-state index >= 15 is 0 Å². The molecule has 0 aromatic heterocycles. The van der Waals surface area contributed by atoms with Gasteiger partial charge < -0.3 is 5.73 Å². The third-order valence-corrected chi connectivity index (χ3v) is 3.01. The maximum atomic E-state index is 12.8. The van der Waals surface area contributed by atoms with Crippen LogP contribution in [0.4, 0.5) is 10.1 Å². The molecule has 2 N–H and O–H groups in total. The molecule has 0 saturated heterocycles. The van der Waals surface area contributed by atoms with Gasteiger partial charge in [0.1, 0.15) is 5.82 Å². The lowest BCUT2D eigenvalue weighted by Crippen LogP contribution is -2.13. The number of rotatable bonds is 2. The third-order valence-electron chi connectivity index (χ3n) is 3.01. The fraction of sp³-hybridized carbons (Fsp3) is 0.417. The fourth-order valence-corrected chi connectivity index (χ4v) is 2.17. The minimum atomic E-state index is -0.393. The Morgan fingerprint density at radius 2 is 2.00 bits per heavy atom. The van der Waals surface area contributed by atoms with Crippen LogP contribution >= 0.6 is 0 Å². The van der Waals surface area contributed by atoms with Gasteiger partial charge >= 0.3 is 0 Å². The van der Waals surface area contributed by atoms with Crippen LogP contribution < -0.4 is 5.73 Å².